The summed E-state index contributed by atoms with van der Waals surface area (Å²) in [6.45, 7) is 0. The molecule has 0 unspecified atom stereocenters. The zero-order valence-electron chi connectivity index (χ0n) is 12.6. The van der Waals surface area contributed by atoms with Gasteiger partial charge in [0.2, 0.25) is 0 Å². The molecule has 0 saturated carbocycles. The number of pyridine rings is 1. The average Bonchev–Trinajstić information content (AvgIpc) is 2.99. The molecule has 0 radical (unpaired) electrons. The maximum Gasteiger partial charge on any atom is 0.151 e. The quantitative estimate of drug-likeness (QED) is 0.524. The fraction of sp³-hybridized carbons (Fsp3) is 0. The molecule has 4 rings (SSSR count). The van der Waals surface area contributed by atoms with Crippen molar-refractivity contribution >= 4 is 62.2 Å². The molecule has 0 atom stereocenters. The lowest BCUT2D eigenvalue weighted by molar-refractivity contribution is 1.17. The summed E-state index contributed by atoms with van der Waals surface area (Å²) in [7, 11) is 0. The minimum Gasteiger partial charge on any atom is -0.384 e. The van der Waals surface area contributed by atoms with Gasteiger partial charge in [-0.15, -0.1) is 11.3 Å². The number of nitrogens with zero attached hydrogens (tertiary/aromatic N) is 4. The van der Waals surface area contributed by atoms with Crippen molar-refractivity contribution in [2.45, 2.75) is 0 Å². The van der Waals surface area contributed by atoms with Gasteiger partial charge in [-0.1, -0.05) is 29.3 Å². The first-order chi connectivity index (χ1) is 12.1. The van der Waals surface area contributed by atoms with Crippen LogP contribution in [0, 0.1) is 0 Å². The van der Waals surface area contributed by atoms with E-state index in [2.05, 4.69) is 25.3 Å². The molecule has 25 heavy (non-hydrogen) atoms. The lowest BCUT2D eigenvalue weighted by Gasteiger charge is -2.05. The summed E-state index contributed by atoms with van der Waals surface area (Å²) >= 11 is 14.0. The maximum atomic E-state index is 6.30. The van der Waals surface area contributed by atoms with Gasteiger partial charge in [0.25, 0.3) is 0 Å². The smallest absolute Gasteiger partial charge is 0.151 e. The maximum absolute atomic E-state index is 6.30. The van der Waals surface area contributed by atoms with Gasteiger partial charge in [-0.05, 0) is 18.2 Å². The standard InChI is InChI=1S/C16H10Cl2N6S/c17-8-2-1-3-9(18)13(8)16-23-10-4-5-20-15(14(10)25-16)24-12-6-11(19)21-7-22-12/h1-7H,(H3,19,20,21,22,24). The van der Waals surface area contributed by atoms with Crippen LogP contribution >= 0.6 is 34.5 Å². The molecule has 3 heterocycles. The van der Waals surface area contributed by atoms with Crippen molar-refractivity contribution in [1.82, 2.24) is 19.9 Å². The molecule has 124 valence electrons. The number of rotatable bonds is 3. The minimum atomic E-state index is 0.373. The second kappa shape index (κ2) is 6.44. The Bertz CT molecular complexity index is 1060. The summed E-state index contributed by atoms with van der Waals surface area (Å²) in [6.07, 6.45) is 3.06. The number of halogens is 2. The molecule has 0 bridgehead atoms. The number of fused-ring (bicyclic) bond motifs is 1. The summed E-state index contributed by atoms with van der Waals surface area (Å²) in [4.78, 5) is 17.0. The Morgan fingerprint density at radius 1 is 1.04 bits per heavy atom. The number of aromatic nitrogens is 4. The van der Waals surface area contributed by atoms with Crippen molar-refractivity contribution in [1.29, 1.82) is 0 Å². The van der Waals surface area contributed by atoms with Crippen LogP contribution in [0.2, 0.25) is 10.0 Å². The summed E-state index contributed by atoms with van der Waals surface area (Å²) < 4.78 is 0.866. The van der Waals surface area contributed by atoms with Gasteiger partial charge in [0.15, 0.2) is 5.82 Å². The third kappa shape index (κ3) is 3.09. The van der Waals surface area contributed by atoms with Gasteiger partial charge >= 0.3 is 0 Å². The number of hydrogen-bond acceptors (Lipinski definition) is 7. The highest BCUT2D eigenvalue weighted by Gasteiger charge is 2.16. The van der Waals surface area contributed by atoms with Crippen LogP contribution in [0.15, 0.2) is 42.9 Å². The number of hydrogen-bond donors (Lipinski definition) is 2. The Balaban J connectivity index is 1.82. The molecule has 0 aliphatic carbocycles. The van der Waals surface area contributed by atoms with Crippen LogP contribution in [0.5, 0.6) is 0 Å². The van der Waals surface area contributed by atoms with Crippen molar-refractivity contribution in [3.05, 3.63) is 52.9 Å². The molecule has 3 N–H and O–H groups in total. The topological polar surface area (TPSA) is 89.6 Å². The Labute approximate surface area is 156 Å². The molecule has 9 heteroatoms. The SMILES string of the molecule is Nc1cc(Nc2nccc3nc(-c4c(Cl)cccc4Cl)sc23)ncn1. The first kappa shape index (κ1) is 16.0. The van der Waals surface area contributed by atoms with Crippen molar-refractivity contribution in [3.8, 4) is 10.6 Å². The first-order valence-electron chi connectivity index (χ1n) is 7.16. The van der Waals surface area contributed by atoms with E-state index in [1.165, 1.54) is 17.7 Å². The van der Waals surface area contributed by atoms with Gasteiger partial charge < -0.3 is 11.1 Å². The molecule has 6 nitrogen and oxygen atoms in total. The normalized spacial score (nSPS) is 11.0. The zero-order chi connectivity index (χ0) is 17.4. The number of thiazole rings is 1. The summed E-state index contributed by atoms with van der Waals surface area (Å²) in [5, 5.41) is 4.98. The molecule has 1 aromatic carbocycles. The van der Waals surface area contributed by atoms with Crippen LogP contribution in [0.3, 0.4) is 0 Å². The van der Waals surface area contributed by atoms with E-state index < -0.39 is 0 Å². The summed E-state index contributed by atoms with van der Waals surface area (Å²) in [5.74, 6) is 1.55. The van der Waals surface area contributed by atoms with Gasteiger partial charge in [-0.2, -0.15) is 0 Å². The van der Waals surface area contributed by atoms with Crippen LogP contribution in [0.4, 0.5) is 17.5 Å². The van der Waals surface area contributed by atoms with Crippen LogP contribution in [-0.4, -0.2) is 19.9 Å². The van der Waals surface area contributed by atoms with Crippen LogP contribution in [0.25, 0.3) is 20.8 Å². The van der Waals surface area contributed by atoms with Crippen molar-refractivity contribution in [2.75, 3.05) is 11.1 Å². The van der Waals surface area contributed by atoms with Gasteiger partial charge in [0, 0.05) is 17.8 Å². The number of nitrogens with one attached hydrogen (secondary N) is 1. The Morgan fingerprint density at radius 3 is 2.60 bits per heavy atom. The highest BCUT2D eigenvalue weighted by Crippen LogP contribution is 2.40. The van der Waals surface area contributed by atoms with Crippen LogP contribution in [0.1, 0.15) is 0 Å². The van der Waals surface area contributed by atoms with Crippen molar-refractivity contribution < 1.29 is 0 Å². The highest BCUT2D eigenvalue weighted by atomic mass is 35.5. The second-order valence-electron chi connectivity index (χ2n) is 5.08. The summed E-state index contributed by atoms with van der Waals surface area (Å²) in [6, 6.07) is 8.84. The molecule has 0 spiro atoms. The van der Waals surface area contributed by atoms with E-state index in [4.69, 9.17) is 28.9 Å². The first-order valence-corrected chi connectivity index (χ1v) is 8.73. The predicted octanol–water partition coefficient (Wildman–Crippen LogP) is 4.78. The van der Waals surface area contributed by atoms with Crippen LogP contribution < -0.4 is 11.1 Å². The summed E-state index contributed by atoms with van der Waals surface area (Å²) in [5.41, 5.74) is 7.19. The molecule has 0 aliphatic rings. The van der Waals surface area contributed by atoms with E-state index in [0.29, 0.717) is 33.1 Å². The van der Waals surface area contributed by atoms with Gasteiger partial charge in [0.1, 0.15) is 23.0 Å². The molecule has 0 fully saturated rings. The fourth-order valence-electron chi connectivity index (χ4n) is 2.32. The Hall–Kier alpha value is -2.48. The number of nitrogen functional groups attached to an aromatic ring is 1. The van der Waals surface area contributed by atoms with E-state index >= 15 is 0 Å². The van der Waals surface area contributed by atoms with E-state index in [1.807, 2.05) is 6.07 Å². The van der Waals surface area contributed by atoms with E-state index in [9.17, 15) is 0 Å². The third-order valence-corrected chi connectivity index (χ3v) is 5.14. The average molecular weight is 389 g/mol. The number of benzene rings is 1. The highest BCUT2D eigenvalue weighted by molar-refractivity contribution is 7.22. The molecule has 0 amide bonds. The molecule has 0 aliphatic heterocycles. The Kier molecular flexibility index (Phi) is 4.12. The fourth-order valence-corrected chi connectivity index (χ4v) is 4.08. The van der Waals surface area contributed by atoms with E-state index in [1.54, 1.807) is 30.5 Å². The van der Waals surface area contributed by atoms with E-state index in [-0.39, 0.29) is 0 Å². The molecular weight excluding hydrogens is 379 g/mol. The molecule has 0 saturated heterocycles. The van der Waals surface area contributed by atoms with Crippen molar-refractivity contribution in [2.24, 2.45) is 0 Å². The van der Waals surface area contributed by atoms with Crippen LogP contribution in [-0.2, 0) is 0 Å². The third-order valence-electron chi connectivity index (χ3n) is 3.42. The lowest BCUT2D eigenvalue weighted by Crippen LogP contribution is -1.98. The van der Waals surface area contributed by atoms with E-state index in [0.717, 1.165) is 15.2 Å². The monoisotopic (exact) mass is 388 g/mol. The minimum absolute atomic E-state index is 0.373. The number of nitrogens with two attached hydrogens (primary N) is 1. The van der Waals surface area contributed by atoms with Crippen molar-refractivity contribution in [3.63, 3.8) is 0 Å². The predicted molar refractivity (Wildman–Crippen MR) is 103 cm³/mol. The van der Waals surface area contributed by atoms with Gasteiger partial charge in [-0.3, -0.25) is 0 Å². The molecule has 4 aromatic rings. The lowest BCUT2D eigenvalue weighted by atomic mass is 10.2. The zero-order valence-corrected chi connectivity index (χ0v) is 14.9. The van der Waals surface area contributed by atoms with Gasteiger partial charge in [0.05, 0.1) is 20.3 Å². The Morgan fingerprint density at radius 2 is 1.84 bits per heavy atom. The second-order valence-corrected chi connectivity index (χ2v) is 6.89. The molecular formula is C16H10Cl2N6S. The van der Waals surface area contributed by atoms with Gasteiger partial charge in [-0.25, -0.2) is 19.9 Å². The molecule has 3 aromatic heterocycles. The largest absolute Gasteiger partial charge is 0.384 e. The number of anilines is 3.